The molecule has 17 nitrogen and oxygen atoms in total. The number of fused-ring (bicyclic) bond motifs is 2. The summed E-state index contributed by atoms with van der Waals surface area (Å²) in [7, 11) is -1.89. The van der Waals surface area contributed by atoms with Crippen LogP contribution < -0.4 is 21.9 Å². The van der Waals surface area contributed by atoms with Gasteiger partial charge in [-0.2, -0.15) is 22.0 Å². The highest BCUT2D eigenvalue weighted by atomic mass is 32.2. The van der Waals surface area contributed by atoms with Crippen LogP contribution in [0.25, 0.3) is 22.1 Å². The topological polar surface area (TPSA) is 180 Å². The minimum atomic E-state index is -3.60. The van der Waals surface area contributed by atoms with Gasteiger partial charge in [-0.3, -0.25) is 43.2 Å². The number of pyridine rings is 1. The first-order valence-electron chi connectivity index (χ1n) is 20.4. The molecule has 7 heterocycles. The summed E-state index contributed by atoms with van der Waals surface area (Å²) >= 11 is 0. The van der Waals surface area contributed by atoms with E-state index in [1.54, 1.807) is 38.6 Å². The summed E-state index contributed by atoms with van der Waals surface area (Å²) in [6.45, 7) is 5.93. The average molecular weight is 802 g/mol. The van der Waals surface area contributed by atoms with Crippen LogP contribution >= 0.6 is 0 Å². The number of nitrogens with one attached hydrogen (secondary N) is 2. The predicted molar refractivity (Wildman–Crippen MR) is 214 cm³/mol. The van der Waals surface area contributed by atoms with Crippen molar-refractivity contribution in [1.29, 1.82) is 0 Å². The van der Waals surface area contributed by atoms with Gasteiger partial charge in [0.05, 0.1) is 11.0 Å². The lowest BCUT2D eigenvalue weighted by molar-refractivity contribution is -0.135. The maximum absolute atomic E-state index is 13.8. The van der Waals surface area contributed by atoms with Gasteiger partial charge in [-0.15, -0.1) is 0 Å². The molecule has 304 valence electrons. The Hall–Kier alpha value is -4.49. The van der Waals surface area contributed by atoms with Crippen molar-refractivity contribution in [1.82, 2.24) is 47.4 Å². The number of amides is 2. The number of anilines is 1. The molecule has 9 rings (SSSR count). The van der Waals surface area contributed by atoms with Crippen molar-refractivity contribution in [2.24, 2.45) is 7.05 Å². The molecule has 1 aliphatic carbocycles. The van der Waals surface area contributed by atoms with Crippen molar-refractivity contribution in [2.75, 3.05) is 57.7 Å². The standard InChI is InChI=1S/C39H51N11O6S/c1-44-33-22-26(6-8-31(33)50(39(44)54)32-9-10-34(51)42-37(32)53)24-45-18-20-46(21-19-45)30-14-17-48(25-30)57(55,56)47-15-12-28(13-16-47)41-38-40-23-27-7-11-35(52)49(36(27)43-38)29-4-2-3-5-29/h6-8,11,22-23,28-30,32H,2-5,9-10,12-21,24-25H2,1H3,(H,40,41,43)(H,42,51,53)/t30-,32?/m1/s1. The van der Waals surface area contributed by atoms with Crippen LogP contribution in [0.15, 0.2) is 46.1 Å². The third kappa shape index (κ3) is 7.30. The second kappa shape index (κ2) is 15.4. The molecule has 18 heteroatoms. The number of aromatic nitrogens is 5. The zero-order valence-electron chi connectivity index (χ0n) is 32.4. The van der Waals surface area contributed by atoms with Crippen LogP contribution in [0, 0.1) is 0 Å². The minimum absolute atomic E-state index is 0.0274. The van der Waals surface area contributed by atoms with E-state index in [4.69, 9.17) is 4.98 Å². The van der Waals surface area contributed by atoms with Crippen LogP contribution in [-0.4, -0.2) is 127 Å². The molecule has 4 aromatic rings. The molecule has 2 amide bonds. The number of imidazole rings is 1. The lowest BCUT2D eigenvalue weighted by atomic mass is 10.1. The Balaban J connectivity index is 0.766. The molecule has 4 aliphatic heterocycles. The highest BCUT2D eigenvalue weighted by molar-refractivity contribution is 7.86. The number of carbonyl (C=O) groups excluding carboxylic acids is 2. The van der Waals surface area contributed by atoms with Gasteiger partial charge in [-0.25, -0.2) is 9.78 Å². The molecule has 2 N–H and O–H groups in total. The molecule has 5 fully saturated rings. The van der Waals surface area contributed by atoms with Crippen molar-refractivity contribution >= 4 is 50.0 Å². The van der Waals surface area contributed by atoms with Crippen molar-refractivity contribution in [2.45, 2.75) is 88.5 Å². The number of imide groups is 1. The fourth-order valence-corrected chi connectivity index (χ4v) is 11.4. The van der Waals surface area contributed by atoms with Crippen LogP contribution in [-0.2, 0) is 33.4 Å². The largest absolute Gasteiger partial charge is 0.351 e. The van der Waals surface area contributed by atoms with Crippen molar-refractivity contribution in [3.05, 3.63) is 62.9 Å². The third-order valence-corrected chi connectivity index (χ3v) is 14.9. The molecule has 4 saturated heterocycles. The van der Waals surface area contributed by atoms with E-state index >= 15 is 0 Å². The summed E-state index contributed by atoms with van der Waals surface area (Å²) < 4.78 is 35.8. The number of piperazine rings is 1. The molecule has 1 saturated carbocycles. The molecule has 2 atom stereocenters. The van der Waals surface area contributed by atoms with E-state index in [-0.39, 0.29) is 41.7 Å². The van der Waals surface area contributed by atoms with Crippen LogP contribution in [0.1, 0.15) is 75.4 Å². The first-order chi connectivity index (χ1) is 27.5. The van der Waals surface area contributed by atoms with E-state index < -0.39 is 22.2 Å². The summed E-state index contributed by atoms with van der Waals surface area (Å²) in [5.74, 6) is -0.286. The van der Waals surface area contributed by atoms with Gasteiger partial charge in [0.15, 0.2) is 0 Å². The third-order valence-electron chi connectivity index (χ3n) is 12.9. The van der Waals surface area contributed by atoms with Gasteiger partial charge in [-0.1, -0.05) is 18.9 Å². The number of benzene rings is 1. The second-order valence-electron chi connectivity index (χ2n) is 16.4. The molecule has 5 aliphatic rings. The minimum Gasteiger partial charge on any atom is -0.351 e. The van der Waals surface area contributed by atoms with Gasteiger partial charge in [-0.05, 0) is 62.3 Å². The molecule has 1 unspecified atom stereocenters. The summed E-state index contributed by atoms with van der Waals surface area (Å²) in [6.07, 6.45) is 8.52. The van der Waals surface area contributed by atoms with E-state index in [1.165, 1.54) is 4.57 Å². The normalized spacial score (nSPS) is 24.2. The maximum atomic E-state index is 13.8. The molecule has 0 bridgehead atoms. The van der Waals surface area contributed by atoms with E-state index in [2.05, 4.69) is 25.4 Å². The van der Waals surface area contributed by atoms with Gasteiger partial charge in [0, 0.05) is 108 Å². The van der Waals surface area contributed by atoms with E-state index in [0.717, 1.165) is 74.7 Å². The summed E-state index contributed by atoms with van der Waals surface area (Å²) in [6, 6.07) is 8.94. The van der Waals surface area contributed by atoms with Gasteiger partial charge in [0.25, 0.3) is 15.8 Å². The number of nitrogens with zero attached hydrogens (tertiary/aromatic N) is 9. The number of aryl methyl sites for hydroxylation is 1. The number of hydrogen-bond donors (Lipinski definition) is 2. The fraction of sp³-hybridized carbons (Fsp3) is 0.590. The Labute approximate surface area is 330 Å². The van der Waals surface area contributed by atoms with Crippen molar-refractivity contribution < 1.29 is 18.0 Å². The van der Waals surface area contributed by atoms with Gasteiger partial charge in [0.1, 0.15) is 11.7 Å². The molecule has 57 heavy (non-hydrogen) atoms. The highest BCUT2D eigenvalue weighted by Gasteiger charge is 2.40. The Kier molecular flexibility index (Phi) is 10.3. The summed E-state index contributed by atoms with van der Waals surface area (Å²) in [5.41, 5.74) is 2.84. The molecule has 0 spiro atoms. The number of hydrogen-bond acceptors (Lipinski definition) is 11. The van der Waals surface area contributed by atoms with E-state index in [9.17, 15) is 27.6 Å². The zero-order chi connectivity index (χ0) is 39.4. The van der Waals surface area contributed by atoms with Crippen molar-refractivity contribution in [3.63, 3.8) is 0 Å². The summed E-state index contributed by atoms with van der Waals surface area (Å²) in [4.78, 5) is 64.4. The first-order valence-corrected chi connectivity index (χ1v) is 21.8. The SMILES string of the molecule is Cn1c(=O)n(C2CCC(=O)NC2=O)c2ccc(CN3CCN([C@@H]4CCN(S(=O)(=O)N5CCC(Nc6ncc7ccc(=O)n(C8CCCC8)c7n6)CC5)C4)CC3)cc21. The van der Waals surface area contributed by atoms with Crippen LogP contribution in [0.2, 0.25) is 0 Å². The van der Waals surface area contributed by atoms with E-state index in [1.807, 2.05) is 22.8 Å². The molecular weight excluding hydrogens is 751 g/mol. The monoisotopic (exact) mass is 801 g/mol. The predicted octanol–water partition coefficient (Wildman–Crippen LogP) is 1.55. The zero-order valence-corrected chi connectivity index (χ0v) is 33.2. The highest BCUT2D eigenvalue weighted by Crippen LogP contribution is 2.31. The smallest absolute Gasteiger partial charge is 0.329 e. The molecule has 1 aromatic carbocycles. The van der Waals surface area contributed by atoms with Crippen LogP contribution in [0.4, 0.5) is 5.95 Å². The Morgan fingerprint density at radius 1 is 0.807 bits per heavy atom. The molecular formula is C39H51N11O6S. The van der Waals surface area contributed by atoms with Crippen molar-refractivity contribution in [3.8, 4) is 0 Å². The number of rotatable bonds is 9. The van der Waals surface area contributed by atoms with E-state index in [0.29, 0.717) is 69.1 Å². The second-order valence-corrected chi connectivity index (χ2v) is 18.3. The summed E-state index contributed by atoms with van der Waals surface area (Å²) in [5, 5.41) is 6.62. The Morgan fingerprint density at radius 2 is 1.56 bits per heavy atom. The fourth-order valence-electron chi connectivity index (χ4n) is 9.70. The maximum Gasteiger partial charge on any atom is 0.329 e. The molecule has 3 aromatic heterocycles. The number of piperidine rings is 2. The Bertz CT molecular complexity index is 2420. The van der Waals surface area contributed by atoms with Gasteiger partial charge < -0.3 is 5.32 Å². The number of carbonyl (C=O) groups is 2. The van der Waals surface area contributed by atoms with Gasteiger partial charge >= 0.3 is 5.69 Å². The lowest BCUT2D eigenvalue weighted by Crippen LogP contribution is -2.52. The van der Waals surface area contributed by atoms with Gasteiger partial charge in [0.2, 0.25) is 17.8 Å². The lowest BCUT2D eigenvalue weighted by Gasteiger charge is -2.38. The molecule has 0 radical (unpaired) electrons. The average Bonchev–Trinajstić information content (AvgIpc) is 3.98. The Morgan fingerprint density at radius 3 is 2.32 bits per heavy atom. The first kappa shape index (κ1) is 38.1. The quantitative estimate of drug-likeness (QED) is 0.235. The van der Waals surface area contributed by atoms with Crippen LogP contribution in [0.3, 0.4) is 0 Å². The van der Waals surface area contributed by atoms with Crippen LogP contribution in [0.5, 0.6) is 0 Å².